The Bertz CT molecular complexity index is 642. The normalized spacial score (nSPS) is 14.9. The molecule has 0 bridgehead atoms. The van der Waals surface area contributed by atoms with Gasteiger partial charge in [-0.2, -0.15) is 0 Å². The van der Waals surface area contributed by atoms with Crippen molar-refractivity contribution in [2.24, 2.45) is 5.73 Å². The largest absolute Gasteiger partial charge is 0.459 e. The number of carbonyl (C=O) groups excluding carboxylic acids is 1. The maximum atomic E-state index is 12.3. The Hall–Kier alpha value is -1.85. The number of benzene rings is 1. The first-order valence-corrected chi connectivity index (χ1v) is 6.93. The van der Waals surface area contributed by atoms with Crippen molar-refractivity contribution >= 4 is 16.9 Å². The molecular formula is C16H22N2O3. The minimum atomic E-state index is -1.45. The molecule has 0 radical (unpaired) electrons. The number of fused-ring (bicyclic) bond motifs is 1. The van der Waals surface area contributed by atoms with Gasteiger partial charge < -0.3 is 20.6 Å². The van der Waals surface area contributed by atoms with E-state index in [0.717, 1.165) is 16.5 Å². The second kappa shape index (κ2) is 5.50. The van der Waals surface area contributed by atoms with Gasteiger partial charge in [-0.05, 0) is 32.4 Å². The standard InChI is InChI=1S/C16H22N2O3/c1-15(2,3)21-14(20)16(17,10-19)8-11-9-18-13-7-5-4-6-12(11)13/h4-7,9,18-19H,8,10,17H2,1-3H3/t16-/m0/s1. The van der Waals surface area contributed by atoms with Crippen LogP contribution in [0.5, 0.6) is 0 Å². The average Bonchev–Trinajstić information content (AvgIpc) is 2.80. The number of hydrogen-bond acceptors (Lipinski definition) is 4. The number of aliphatic hydroxyl groups excluding tert-OH is 1. The Balaban J connectivity index is 2.27. The first-order chi connectivity index (χ1) is 9.75. The highest BCUT2D eigenvalue weighted by molar-refractivity contribution is 5.86. The van der Waals surface area contributed by atoms with Crippen molar-refractivity contribution in [3.05, 3.63) is 36.0 Å². The summed E-state index contributed by atoms with van der Waals surface area (Å²) in [4.78, 5) is 15.4. The molecule has 0 aliphatic carbocycles. The van der Waals surface area contributed by atoms with Crippen LogP contribution in [0.25, 0.3) is 10.9 Å². The van der Waals surface area contributed by atoms with Gasteiger partial charge in [-0.1, -0.05) is 18.2 Å². The lowest BCUT2D eigenvalue weighted by molar-refractivity contribution is -0.163. The number of rotatable bonds is 4. The summed E-state index contributed by atoms with van der Waals surface area (Å²) in [7, 11) is 0. The average molecular weight is 290 g/mol. The highest BCUT2D eigenvalue weighted by Gasteiger charge is 2.38. The summed E-state index contributed by atoms with van der Waals surface area (Å²) >= 11 is 0. The van der Waals surface area contributed by atoms with Crippen molar-refractivity contribution in [2.75, 3.05) is 6.61 Å². The highest BCUT2D eigenvalue weighted by Crippen LogP contribution is 2.23. The predicted octanol–water partition coefficient (Wildman–Crippen LogP) is 1.74. The Morgan fingerprint density at radius 2 is 2.00 bits per heavy atom. The van der Waals surface area contributed by atoms with E-state index in [1.54, 1.807) is 20.8 Å². The van der Waals surface area contributed by atoms with E-state index >= 15 is 0 Å². The number of H-pyrrole nitrogens is 1. The summed E-state index contributed by atoms with van der Waals surface area (Å²) in [5.41, 5.74) is 5.86. The number of hydrogen-bond donors (Lipinski definition) is 3. The molecule has 1 aromatic carbocycles. The zero-order chi connectivity index (χ0) is 15.7. The van der Waals surface area contributed by atoms with Gasteiger partial charge in [0.25, 0.3) is 0 Å². The molecule has 0 fully saturated rings. The first-order valence-electron chi connectivity index (χ1n) is 6.93. The number of carbonyl (C=O) groups is 1. The number of aromatic amines is 1. The Morgan fingerprint density at radius 3 is 2.62 bits per heavy atom. The molecule has 0 saturated heterocycles. The molecule has 1 heterocycles. The van der Waals surface area contributed by atoms with Gasteiger partial charge >= 0.3 is 5.97 Å². The van der Waals surface area contributed by atoms with E-state index in [-0.39, 0.29) is 6.42 Å². The number of esters is 1. The third-order valence-electron chi connectivity index (χ3n) is 3.27. The van der Waals surface area contributed by atoms with Gasteiger partial charge in [0.1, 0.15) is 11.1 Å². The van der Waals surface area contributed by atoms with Gasteiger partial charge in [0, 0.05) is 23.5 Å². The van der Waals surface area contributed by atoms with Crippen LogP contribution >= 0.6 is 0 Å². The lowest BCUT2D eigenvalue weighted by Gasteiger charge is -2.29. The summed E-state index contributed by atoms with van der Waals surface area (Å²) < 4.78 is 5.32. The summed E-state index contributed by atoms with van der Waals surface area (Å²) in [6.07, 6.45) is 2.02. The molecule has 21 heavy (non-hydrogen) atoms. The molecule has 2 rings (SSSR count). The number of aliphatic hydroxyl groups is 1. The molecule has 0 aliphatic rings. The molecule has 0 saturated carbocycles. The summed E-state index contributed by atoms with van der Waals surface area (Å²) in [5.74, 6) is -0.595. The van der Waals surface area contributed by atoms with E-state index in [4.69, 9.17) is 10.5 Å². The zero-order valence-electron chi connectivity index (χ0n) is 12.6. The number of nitrogens with two attached hydrogens (primary N) is 1. The molecule has 2 aromatic rings. The van der Waals surface area contributed by atoms with Crippen molar-refractivity contribution < 1.29 is 14.6 Å². The highest BCUT2D eigenvalue weighted by atomic mass is 16.6. The molecule has 1 atom stereocenters. The van der Waals surface area contributed by atoms with E-state index < -0.39 is 23.7 Å². The fourth-order valence-electron chi connectivity index (χ4n) is 2.19. The third-order valence-corrected chi connectivity index (χ3v) is 3.27. The maximum absolute atomic E-state index is 12.3. The zero-order valence-corrected chi connectivity index (χ0v) is 12.6. The van der Waals surface area contributed by atoms with Crippen molar-refractivity contribution in [2.45, 2.75) is 38.3 Å². The SMILES string of the molecule is CC(C)(C)OC(=O)[C@@](N)(CO)Cc1c[nH]c2ccccc12. The topological polar surface area (TPSA) is 88.3 Å². The Labute approximate surface area is 124 Å². The van der Waals surface area contributed by atoms with Gasteiger partial charge in [-0.25, -0.2) is 4.79 Å². The van der Waals surface area contributed by atoms with Crippen LogP contribution in [0.2, 0.25) is 0 Å². The number of nitrogens with one attached hydrogen (secondary N) is 1. The number of ether oxygens (including phenoxy) is 1. The second-order valence-corrected chi connectivity index (χ2v) is 6.35. The minimum absolute atomic E-state index is 0.211. The maximum Gasteiger partial charge on any atom is 0.329 e. The van der Waals surface area contributed by atoms with Gasteiger partial charge in [0.05, 0.1) is 6.61 Å². The van der Waals surface area contributed by atoms with Crippen molar-refractivity contribution in [1.29, 1.82) is 0 Å². The fraction of sp³-hybridized carbons (Fsp3) is 0.438. The molecule has 114 valence electrons. The number of aromatic nitrogens is 1. The van der Waals surface area contributed by atoms with Crippen molar-refractivity contribution in [1.82, 2.24) is 4.98 Å². The van der Waals surface area contributed by atoms with Crippen LogP contribution in [-0.4, -0.2) is 33.8 Å². The van der Waals surface area contributed by atoms with E-state index in [1.165, 1.54) is 0 Å². The molecule has 1 aromatic heterocycles. The van der Waals surface area contributed by atoms with Crippen LogP contribution in [0.15, 0.2) is 30.5 Å². The smallest absolute Gasteiger partial charge is 0.329 e. The van der Waals surface area contributed by atoms with Crippen LogP contribution < -0.4 is 5.73 Å². The van der Waals surface area contributed by atoms with Gasteiger partial charge in [0.15, 0.2) is 0 Å². The van der Waals surface area contributed by atoms with E-state index in [1.807, 2.05) is 30.5 Å². The third kappa shape index (κ3) is 3.43. The molecule has 0 unspecified atom stereocenters. The monoisotopic (exact) mass is 290 g/mol. The molecule has 5 heteroatoms. The van der Waals surface area contributed by atoms with Crippen LogP contribution in [-0.2, 0) is 16.0 Å². The number of para-hydroxylation sites is 1. The molecule has 0 amide bonds. The second-order valence-electron chi connectivity index (χ2n) is 6.35. The van der Waals surface area contributed by atoms with Gasteiger partial charge in [-0.3, -0.25) is 0 Å². The van der Waals surface area contributed by atoms with Crippen LogP contribution in [0, 0.1) is 0 Å². The van der Waals surface area contributed by atoms with Crippen molar-refractivity contribution in [3.8, 4) is 0 Å². The summed E-state index contributed by atoms with van der Waals surface area (Å²) in [6.45, 7) is 4.85. The van der Waals surface area contributed by atoms with Crippen LogP contribution in [0.4, 0.5) is 0 Å². The van der Waals surface area contributed by atoms with Crippen LogP contribution in [0.3, 0.4) is 0 Å². The van der Waals surface area contributed by atoms with E-state index in [0.29, 0.717) is 0 Å². The summed E-state index contributed by atoms with van der Waals surface area (Å²) in [6, 6.07) is 7.75. The predicted molar refractivity (Wildman–Crippen MR) is 81.9 cm³/mol. The Kier molecular flexibility index (Phi) is 4.07. The lowest BCUT2D eigenvalue weighted by Crippen LogP contribution is -2.55. The molecule has 0 aliphatic heterocycles. The summed E-state index contributed by atoms with van der Waals surface area (Å²) in [5, 5.41) is 10.6. The molecular weight excluding hydrogens is 268 g/mol. The molecule has 4 N–H and O–H groups in total. The first kappa shape index (κ1) is 15.5. The molecule has 5 nitrogen and oxygen atoms in total. The quantitative estimate of drug-likeness (QED) is 0.748. The Morgan fingerprint density at radius 1 is 1.33 bits per heavy atom. The van der Waals surface area contributed by atoms with E-state index in [9.17, 15) is 9.90 Å². The van der Waals surface area contributed by atoms with Crippen LogP contribution in [0.1, 0.15) is 26.3 Å². The lowest BCUT2D eigenvalue weighted by atomic mass is 9.92. The van der Waals surface area contributed by atoms with Gasteiger partial charge in [0.2, 0.25) is 0 Å². The molecule has 0 spiro atoms. The van der Waals surface area contributed by atoms with E-state index in [2.05, 4.69) is 4.98 Å². The van der Waals surface area contributed by atoms with Crippen molar-refractivity contribution in [3.63, 3.8) is 0 Å². The van der Waals surface area contributed by atoms with Gasteiger partial charge in [-0.15, -0.1) is 0 Å². The fourth-order valence-corrected chi connectivity index (χ4v) is 2.19. The minimum Gasteiger partial charge on any atom is -0.459 e.